The highest BCUT2D eigenvalue weighted by molar-refractivity contribution is 5.86. The molecule has 2 aromatic rings. The molecule has 100 valence electrons. The van der Waals surface area contributed by atoms with Crippen LogP contribution in [0.3, 0.4) is 0 Å². The van der Waals surface area contributed by atoms with Crippen LogP contribution in [0, 0.1) is 5.92 Å². The highest BCUT2D eigenvalue weighted by Crippen LogP contribution is 2.44. The lowest BCUT2D eigenvalue weighted by atomic mass is 10.00. The molecular formula is C15H17NO3. The smallest absolute Gasteiger partial charge is 0.312 e. The SMILES string of the molecule is COc1ccc2c(c1)cc(C(C(=O)O)C1CC1)n2C. The number of methoxy groups -OCH3 is 1. The van der Waals surface area contributed by atoms with Crippen molar-refractivity contribution in [2.24, 2.45) is 13.0 Å². The lowest BCUT2D eigenvalue weighted by Crippen LogP contribution is -2.16. The molecule has 1 heterocycles. The molecule has 1 aliphatic carbocycles. The number of carboxylic acid groups (broad SMARTS) is 1. The number of ether oxygens (including phenoxy) is 1. The maximum atomic E-state index is 11.5. The van der Waals surface area contributed by atoms with E-state index < -0.39 is 5.97 Å². The predicted octanol–water partition coefficient (Wildman–Crippen LogP) is 2.77. The lowest BCUT2D eigenvalue weighted by molar-refractivity contribution is -0.139. The number of benzene rings is 1. The van der Waals surface area contributed by atoms with Crippen LogP contribution in [0.15, 0.2) is 24.3 Å². The van der Waals surface area contributed by atoms with E-state index >= 15 is 0 Å². The van der Waals surface area contributed by atoms with Gasteiger partial charge in [-0.3, -0.25) is 4.79 Å². The maximum Gasteiger partial charge on any atom is 0.312 e. The van der Waals surface area contributed by atoms with Gasteiger partial charge < -0.3 is 14.4 Å². The maximum absolute atomic E-state index is 11.5. The van der Waals surface area contributed by atoms with Crippen LogP contribution in [0.5, 0.6) is 5.75 Å². The van der Waals surface area contributed by atoms with Crippen molar-refractivity contribution in [3.05, 3.63) is 30.0 Å². The minimum absolute atomic E-state index is 0.294. The monoisotopic (exact) mass is 259 g/mol. The third-order valence-electron chi connectivity index (χ3n) is 3.96. The Labute approximate surface area is 111 Å². The summed E-state index contributed by atoms with van der Waals surface area (Å²) in [7, 11) is 3.57. The third kappa shape index (κ3) is 1.97. The number of aromatic nitrogens is 1. The molecule has 0 aliphatic heterocycles. The van der Waals surface area contributed by atoms with E-state index in [1.54, 1.807) is 7.11 Å². The minimum atomic E-state index is -0.722. The largest absolute Gasteiger partial charge is 0.497 e. The van der Waals surface area contributed by atoms with Gasteiger partial charge in [-0.1, -0.05) is 0 Å². The summed E-state index contributed by atoms with van der Waals surface area (Å²) in [5, 5.41) is 10.5. The van der Waals surface area contributed by atoms with Gasteiger partial charge in [0, 0.05) is 23.6 Å². The molecule has 0 spiro atoms. The second-order valence-corrected chi connectivity index (χ2v) is 5.21. The highest BCUT2D eigenvalue weighted by atomic mass is 16.5. The molecule has 1 N–H and O–H groups in total. The van der Waals surface area contributed by atoms with E-state index in [0.717, 1.165) is 35.2 Å². The molecule has 4 heteroatoms. The van der Waals surface area contributed by atoms with Crippen molar-refractivity contribution in [2.45, 2.75) is 18.8 Å². The first-order chi connectivity index (χ1) is 9.11. The van der Waals surface area contributed by atoms with Crippen LogP contribution in [0.2, 0.25) is 0 Å². The van der Waals surface area contributed by atoms with Crippen LogP contribution >= 0.6 is 0 Å². The second kappa shape index (κ2) is 4.30. The normalized spacial score (nSPS) is 16.5. The van der Waals surface area contributed by atoms with Crippen molar-refractivity contribution in [1.82, 2.24) is 4.57 Å². The van der Waals surface area contributed by atoms with Gasteiger partial charge in [0.25, 0.3) is 0 Å². The first kappa shape index (κ1) is 12.1. The van der Waals surface area contributed by atoms with Gasteiger partial charge in [0.15, 0.2) is 0 Å². The summed E-state index contributed by atoms with van der Waals surface area (Å²) in [6, 6.07) is 7.81. The zero-order valence-electron chi connectivity index (χ0n) is 11.1. The van der Waals surface area contributed by atoms with Gasteiger partial charge in [-0.15, -0.1) is 0 Å². The van der Waals surface area contributed by atoms with E-state index in [9.17, 15) is 9.90 Å². The predicted molar refractivity (Wildman–Crippen MR) is 72.6 cm³/mol. The average molecular weight is 259 g/mol. The Morgan fingerprint density at radius 1 is 1.42 bits per heavy atom. The van der Waals surface area contributed by atoms with Crippen molar-refractivity contribution in [1.29, 1.82) is 0 Å². The summed E-state index contributed by atoms with van der Waals surface area (Å²) in [6.07, 6.45) is 2.03. The number of aliphatic carboxylic acids is 1. The molecule has 0 amide bonds. The van der Waals surface area contributed by atoms with Gasteiger partial charge in [0.1, 0.15) is 5.75 Å². The Balaban J connectivity index is 2.12. The number of carboxylic acids is 1. The Morgan fingerprint density at radius 3 is 2.74 bits per heavy atom. The molecule has 19 heavy (non-hydrogen) atoms. The number of aryl methyl sites for hydroxylation is 1. The Hall–Kier alpha value is -1.97. The molecule has 1 fully saturated rings. The summed E-state index contributed by atoms with van der Waals surface area (Å²) in [5.41, 5.74) is 1.93. The van der Waals surface area contributed by atoms with Gasteiger partial charge in [-0.05, 0) is 43.0 Å². The quantitative estimate of drug-likeness (QED) is 0.918. The van der Waals surface area contributed by atoms with E-state index in [1.807, 2.05) is 35.9 Å². The summed E-state index contributed by atoms with van der Waals surface area (Å²) >= 11 is 0. The van der Waals surface area contributed by atoms with Crippen LogP contribution in [0.25, 0.3) is 10.9 Å². The van der Waals surface area contributed by atoms with Gasteiger partial charge in [-0.2, -0.15) is 0 Å². The molecule has 1 aromatic carbocycles. The van der Waals surface area contributed by atoms with E-state index in [2.05, 4.69) is 0 Å². The molecule has 0 radical (unpaired) electrons. The van der Waals surface area contributed by atoms with Crippen LogP contribution in [-0.4, -0.2) is 22.8 Å². The fourth-order valence-electron chi connectivity index (χ4n) is 2.77. The number of carbonyl (C=O) groups is 1. The highest BCUT2D eigenvalue weighted by Gasteiger charge is 2.39. The van der Waals surface area contributed by atoms with Crippen molar-refractivity contribution in [3.8, 4) is 5.75 Å². The van der Waals surface area contributed by atoms with Gasteiger partial charge >= 0.3 is 5.97 Å². The summed E-state index contributed by atoms with van der Waals surface area (Å²) < 4.78 is 7.21. The molecule has 0 bridgehead atoms. The number of hydrogen-bond acceptors (Lipinski definition) is 2. The van der Waals surface area contributed by atoms with E-state index in [0.29, 0.717) is 5.92 Å². The van der Waals surface area contributed by atoms with Crippen molar-refractivity contribution >= 4 is 16.9 Å². The van der Waals surface area contributed by atoms with Gasteiger partial charge in [0.05, 0.1) is 13.0 Å². The first-order valence-corrected chi connectivity index (χ1v) is 6.48. The minimum Gasteiger partial charge on any atom is -0.497 e. The summed E-state index contributed by atoms with van der Waals surface area (Å²) in [4.78, 5) is 11.5. The third-order valence-corrected chi connectivity index (χ3v) is 3.96. The fraction of sp³-hybridized carbons (Fsp3) is 0.400. The number of rotatable bonds is 4. The number of fused-ring (bicyclic) bond motifs is 1. The Bertz CT molecular complexity index is 640. The van der Waals surface area contributed by atoms with Gasteiger partial charge in [0.2, 0.25) is 0 Å². The molecule has 4 nitrogen and oxygen atoms in total. The molecule has 1 saturated carbocycles. The van der Waals surface area contributed by atoms with Gasteiger partial charge in [-0.25, -0.2) is 0 Å². The summed E-state index contributed by atoms with van der Waals surface area (Å²) in [6.45, 7) is 0. The Morgan fingerprint density at radius 2 is 2.16 bits per heavy atom. The molecule has 1 aromatic heterocycles. The van der Waals surface area contributed by atoms with E-state index in [-0.39, 0.29) is 5.92 Å². The molecule has 1 aliphatic rings. The van der Waals surface area contributed by atoms with Crippen molar-refractivity contribution in [2.75, 3.05) is 7.11 Å². The topological polar surface area (TPSA) is 51.5 Å². The molecule has 1 atom stereocenters. The van der Waals surface area contributed by atoms with Crippen LogP contribution < -0.4 is 4.74 Å². The fourth-order valence-corrected chi connectivity index (χ4v) is 2.77. The number of hydrogen-bond donors (Lipinski definition) is 1. The van der Waals surface area contributed by atoms with Crippen LogP contribution in [0.4, 0.5) is 0 Å². The van der Waals surface area contributed by atoms with Crippen molar-refractivity contribution in [3.63, 3.8) is 0 Å². The second-order valence-electron chi connectivity index (χ2n) is 5.21. The first-order valence-electron chi connectivity index (χ1n) is 6.48. The molecular weight excluding hydrogens is 242 g/mol. The average Bonchev–Trinajstić information content (AvgIpc) is 3.16. The van der Waals surface area contributed by atoms with E-state index in [4.69, 9.17) is 4.74 Å². The van der Waals surface area contributed by atoms with Crippen molar-refractivity contribution < 1.29 is 14.6 Å². The van der Waals surface area contributed by atoms with Crippen LogP contribution in [-0.2, 0) is 11.8 Å². The molecule has 3 rings (SSSR count). The van der Waals surface area contributed by atoms with Crippen LogP contribution in [0.1, 0.15) is 24.5 Å². The standard InChI is InChI=1S/C15H17NO3/c1-16-12-6-5-11(19-2)7-10(12)8-13(16)14(15(17)18)9-3-4-9/h5-9,14H,3-4H2,1-2H3,(H,17,18). The van der Waals surface area contributed by atoms with E-state index in [1.165, 1.54) is 0 Å². The zero-order chi connectivity index (χ0) is 13.6. The number of nitrogens with zero attached hydrogens (tertiary/aromatic N) is 1. The molecule has 1 unspecified atom stereocenters. The summed E-state index contributed by atoms with van der Waals surface area (Å²) in [5.74, 6) is -0.0193. The zero-order valence-corrected chi connectivity index (χ0v) is 11.1. The lowest BCUT2D eigenvalue weighted by Gasteiger charge is -2.12. The Kier molecular flexibility index (Phi) is 2.73. The molecule has 0 saturated heterocycles.